The van der Waals surface area contributed by atoms with Gasteiger partial charge in [0, 0.05) is 19.6 Å². The summed E-state index contributed by atoms with van der Waals surface area (Å²) in [4.78, 5) is 7.05. The van der Waals surface area contributed by atoms with E-state index in [1.54, 1.807) is 0 Å². The fourth-order valence-electron chi connectivity index (χ4n) is 3.23. The summed E-state index contributed by atoms with van der Waals surface area (Å²) in [7, 11) is 0. The fourth-order valence-corrected chi connectivity index (χ4v) is 3.23. The number of guanidine groups is 1. The lowest BCUT2D eigenvalue weighted by molar-refractivity contribution is -0.0238. The monoisotopic (exact) mass is 395 g/mol. The molecule has 1 heterocycles. The smallest absolute Gasteiger partial charge is 0.194 e. The first-order valence-electron chi connectivity index (χ1n) is 7.78. The quantitative estimate of drug-likeness (QED) is 0.439. The number of aliphatic imine (C=N–C) groups is 1. The Balaban J connectivity index is 0.00000200. The molecule has 2 atom stereocenters. The maximum atomic E-state index is 10.2. The zero-order valence-corrected chi connectivity index (χ0v) is 15.4. The largest absolute Gasteiger partial charge is 0.388 e. The Labute approximate surface area is 140 Å². The molecule has 1 aliphatic carbocycles. The van der Waals surface area contributed by atoms with E-state index in [0.717, 1.165) is 56.7 Å². The van der Waals surface area contributed by atoms with Gasteiger partial charge in [-0.25, -0.2) is 0 Å². The average molecular weight is 395 g/mol. The van der Waals surface area contributed by atoms with Crippen LogP contribution in [0.4, 0.5) is 0 Å². The van der Waals surface area contributed by atoms with E-state index < -0.39 is 5.60 Å². The Bertz CT molecular complexity index is 321. The van der Waals surface area contributed by atoms with Gasteiger partial charge in [-0.2, -0.15) is 0 Å². The van der Waals surface area contributed by atoms with Crippen molar-refractivity contribution in [1.29, 1.82) is 0 Å². The summed E-state index contributed by atoms with van der Waals surface area (Å²) in [5.74, 6) is 2.43. The summed E-state index contributed by atoms with van der Waals surface area (Å²) in [6.45, 7) is 10.3. The van der Waals surface area contributed by atoms with Crippen molar-refractivity contribution in [3.8, 4) is 0 Å². The van der Waals surface area contributed by atoms with Gasteiger partial charge in [0.25, 0.3) is 0 Å². The van der Waals surface area contributed by atoms with Gasteiger partial charge in [-0.15, -0.1) is 24.0 Å². The van der Waals surface area contributed by atoms with E-state index in [0.29, 0.717) is 6.54 Å². The minimum Gasteiger partial charge on any atom is -0.388 e. The molecule has 4 nitrogen and oxygen atoms in total. The van der Waals surface area contributed by atoms with E-state index in [9.17, 15) is 5.11 Å². The number of nitrogens with zero attached hydrogens (tertiary/aromatic N) is 2. The number of piperidine rings is 1. The van der Waals surface area contributed by atoms with E-state index in [2.05, 4.69) is 36.0 Å². The molecule has 2 unspecified atom stereocenters. The lowest BCUT2D eigenvalue weighted by Crippen LogP contribution is -2.49. The highest BCUT2D eigenvalue weighted by atomic mass is 127. The van der Waals surface area contributed by atoms with Gasteiger partial charge in [0.05, 0.1) is 12.1 Å². The highest BCUT2D eigenvalue weighted by Crippen LogP contribution is 2.31. The van der Waals surface area contributed by atoms with Crippen LogP contribution < -0.4 is 5.32 Å². The van der Waals surface area contributed by atoms with Gasteiger partial charge >= 0.3 is 0 Å². The molecule has 0 spiro atoms. The lowest BCUT2D eigenvalue weighted by Gasteiger charge is -2.39. The van der Waals surface area contributed by atoms with Gasteiger partial charge in [-0.1, -0.05) is 13.8 Å². The maximum absolute atomic E-state index is 10.2. The summed E-state index contributed by atoms with van der Waals surface area (Å²) < 4.78 is 0. The standard InChI is InChI=1S/C15H29N3O.HI/c1-4-16-14(17-11-15(19)6-5-7-15)18-9-12(2)8-13(3)10-18;/h12-13,19H,4-11H2,1-3H3,(H,16,17);1H. The van der Waals surface area contributed by atoms with E-state index in [4.69, 9.17) is 0 Å². The third-order valence-electron chi connectivity index (χ3n) is 4.31. The molecule has 5 heteroatoms. The van der Waals surface area contributed by atoms with Crippen molar-refractivity contribution < 1.29 is 5.11 Å². The van der Waals surface area contributed by atoms with Crippen molar-refractivity contribution in [2.45, 2.75) is 52.1 Å². The van der Waals surface area contributed by atoms with E-state index in [-0.39, 0.29) is 24.0 Å². The van der Waals surface area contributed by atoms with Crippen molar-refractivity contribution in [3.63, 3.8) is 0 Å². The summed E-state index contributed by atoms with van der Waals surface area (Å²) in [6.07, 6.45) is 4.26. The SMILES string of the molecule is CCNC(=NCC1(O)CCC1)N1CC(C)CC(C)C1.I. The minimum atomic E-state index is -0.520. The Morgan fingerprint density at radius 1 is 1.30 bits per heavy atom. The zero-order chi connectivity index (χ0) is 13.9. The van der Waals surface area contributed by atoms with Crippen LogP contribution in [0.5, 0.6) is 0 Å². The Morgan fingerprint density at radius 3 is 2.35 bits per heavy atom. The number of rotatable bonds is 3. The predicted molar refractivity (Wildman–Crippen MR) is 94.7 cm³/mol. The highest BCUT2D eigenvalue weighted by molar-refractivity contribution is 14.0. The lowest BCUT2D eigenvalue weighted by atomic mass is 9.80. The van der Waals surface area contributed by atoms with Crippen LogP contribution in [0.3, 0.4) is 0 Å². The first-order chi connectivity index (χ1) is 9.02. The van der Waals surface area contributed by atoms with Crippen LogP contribution in [0.15, 0.2) is 4.99 Å². The van der Waals surface area contributed by atoms with Crippen molar-refractivity contribution in [3.05, 3.63) is 0 Å². The summed E-state index contributed by atoms with van der Waals surface area (Å²) in [5.41, 5.74) is -0.520. The second-order valence-electron chi connectivity index (χ2n) is 6.60. The Morgan fingerprint density at radius 2 is 1.90 bits per heavy atom. The molecule has 0 bridgehead atoms. The van der Waals surface area contributed by atoms with Crippen LogP contribution in [0, 0.1) is 11.8 Å². The summed E-state index contributed by atoms with van der Waals surface area (Å²) in [6, 6.07) is 0. The van der Waals surface area contributed by atoms with Gasteiger partial charge in [-0.05, 0) is 44.4 Å². The molecular weight excluding hydrogens is 365 g/mol. The van der Waals surface area contributed by atoms with E-state index in [1.807, 2.05) is 0 Å². The number of aliphatic hydroxyl groups is 1. The molecule has 0 amide bonds. The summed E-state index contributed by atoms with van der Waals surface area (Å²) >= 11 is 0. The number of hydrogen-bond acceptors (Lipinski definition) is 2. The molecular formula is C15H30IN3O. The van der Waals surface area contributed by atoms with Crippen LogP contribution in [0.25, 0.3) is 0 Å². The summed E-state index contributed by atoms with van der Waals surface area (Å²) in [5, 5.41) is 13.6. The number of halogens is 1. The first-order valence-corrected chi connectivity index (χ1v) is 7.78. The molecule has 2 aliphatic rings. The molecule has 2 N–H and O–H groups in total. The van der Waals surface area contributed by atoms with Gasteiger partial charge in [-0.3, -0.25) is 4.99 Å². The molecule has 0 aromatic heterocycles. The van der Waals surface area contributed by atoms with E-state index >= 15 is 0 Å². The van der Waals surface area contributed by atoms with E-state index in [1.165, 1.54) is 6.42 Å². The molecule has 2 fully saturated rings. The fraction of sp³-hybridized carbons (Fsp3) is 0.933. The number of nitrogens with one attached hydrogen (secondary N) is 1. The second kappa shape index (κ2) is 7.82. The van der Waals surface area contributed by atoms with Crippen LogP contribution in [-0.4, -0.2) is 47.7 Å². The molecule has 20 heavy (non-hydrogen) atoms. The second-order valence-corrected chi connectivity index (χ2v) is 6.60. The normalized spacial score (nSPS) is 29.4. The van der Waals surface area contributed by atoms with Crippen LogP contribution >= 0.6 is 24.0 Å². The van der Waals surface area contributed by atoms with Gasteiger partial charge in [0.2, 0.25) is 0 Å². The van der Waals surface area contributed by atoms with Crippen LogP contribution in [0.2, 0.25) is 0 Å². The minimum absolute atomic E-state index is 0. The highest BCUT2D eigenvalue weighted by Gasteiger charge is 2.34. The van der Waals surface area contributed by atoms with Gasteiger partial charge in [0.1, 0.15) is 0 Å². The Kier molecular flexibility index (Phi) is 7.04. The van der Waals surface area contributed by atoms with Crippen LogP contribution in [-0.2, 0) is 0 Å². The third-order valence-corrected chi connectivity index (χ3v) is 4.31. The molecule has 118 valence electrons. The van der Waals surface area contributed by atoms with Crippen molar-refractivity contribution in [2.24, 2.45) is 16.8 Å². The van der Waals surface area contributed by atoms with Crippen molar-refractivity contribution in [2.75, 3.05) is 26.2 Å². The zero-order valence-electron chi connectivity index (χ0n) is 13.1. The van der Waals surface area contributed by atoms with Gasteiger partial charge < -0.3 is 15.3 Å². The first kappa shape index (κ1) is 18.0. The predicted octanol–water partition coefficient (Wildman–Crippen LogP) is 2.46. The van der Waals surface area contributed by atoms with Crippen LogP contribution in [0.1, 0.15) is 46.5 Å². The molecule has 2 rings (SSSR count). The number of hydrogen-bond donors (Lipinski definition) is 2. The third kappa shape index (κ3) is 4.76. The van der Waals surface area contributed by atoms with Crippen molar-refractivity contribution in [1.82, 2.24) is 10.2 Å². The molecule has 1 saturated heterocycles. The Hall–Kier alpha value is -0.0400. The maximum Gasteiger partial charge on any atom is 0.194 e. The average Bonchev–Trinajstić information content (AvgIpc) is 2.31. The molecule has 0 aromatic rings. The van der Waals surface area contributed by atoms with Crippen molar-refractivity contribution >= 4 is 29.9 Å². The topological polar surface area (TPSA) is 47.9 Å². The molecule has 0 aromatic carbocycles. The number of likely N-dealkylation sites (tertiary alicyclic amines) is 1. The molecule has 1 aliphatic heterocycles. The molecule has 0 radical (unpaired) electrons. The van der Waals surface area contributed by atoms with Gasteiger partial charge in [0.15, 0.2) is 5.96 Å². The molecule has 1 saturated carbocycles.